The Morgan fingerprint density at radius 2 is 1.86 bits per heavy atom. The van der Waals surface area contributed by atoms with E-state index in [4.69, 9.17) is 21.1 Å². The van der Waals surface area contributed by atoms with E-state index < -0.39 is 5.82 Å². The number of hydrogen-bond acceptors (Lipinski definition) is 5. The molecule has 0 amide bonds. The molecular weight excluding hydrogens is 393 g/mol. The van der Waals surface area contributed by atoms with Crippen molar-refractivity contribution in [1.82, 2.24) is 9.97 Å². The van der Waals surface area contributed by atoms with Crippen LogP contribution in [0.15, 0.2) is 67.1 Å². The van der Waals surface area contributed by atoms with Crippen LogP contribution in [0.3, 0.4) is 0 Å². The molecular formula is C22H17ClFN3O2. The zero-order valence-corrected chi connectivity index (χ0v) is 16.3. The second kappa shape index (κ2) is 8.32. The van der Waals surface area contributed by atoms with E-state index in [0.29, 0.717) is 23.8 Å². The topological polar surface area (TPSA) is 56.3 Å². The minimum atomic E-state index is -0.456. The highest BCUT2D eigenvalue weighted by Gasteiger charge is 2.08. The van der Waals surface area contributed by atoms with Gasteiger partial charge in [0.15, 0.2) is 0 Å². The monoisotopic (exact) mass is 409 g/mol. The number of aromatic nitrogens is 2. The molecule has 1 aromatic heterocycles. The van der Waals surface area contributed by atoms with E-state index >= 15 is 0 Å². The standard InChI is InChI=1S/C22H17ClFN3O2/c1-28-22-9-17(27-16-5-7-20(24)19(23)8-16)4-2-15(22)12-29-18-6-3-14-11-25-13-26-21(14)10-18/h2-11,13,27H,12H2,1H3. The second-order valence-corrected chi connectivity index (χ2v) is 6.72. The molecule has 146 valence electrons. The van der Waals surface area contributed by atoms with Crippen LogP contribution in [0, 0.1) is 5.82 Å². The number of benzene rings is 3. The van der Waals surface area contributed by atoms with Gasteiger partial charge in [-0.25, -0.2) is 14.4 Å². The second-order valence-electron chi connectivity index (χ2n) is 6.31. The van der Waals surface area contributed by atoms with Crippen LogP contribution >= 0.6 is 11.6 Å². The summed E-state index contributed by atoms with van der Waals surface area (Å²) in [7, 11) is 1.60. The van der Waals surface area contributed by atoms with Gasteiger partial charge in [-0.1, -0.05) is 11.6 Å². The first kappa shape index (κ1) is 19.0. The van der Waals surface area contributed by atoms with Gasteiger partial charge in [-0.15, -0.1) is 0 Å². The van der Waals surface area contributed by atoms with Gasteiger partial charge in [-0.05, 0) is 42.5 Å². The van der Waals surface area contributed by atoms with Crippen molar-refractivity contribution in [2.75, 3.05) is 12.4 Å². The fraction of sp³-hybridized carbons (Fsp3) is 0.0909. The van der Waals surface area contributed by atoms with Crippen molar-refractivity contribution >= 4 is 33.9 Å². The zero-order chi connectivity index (χ0) is 20.2. The van der Waals surface area contributed by atoms with Gasteiger partial charge in [0.05, 0.1) is 17.6 Å². The molecule has 0 atom stereocenters. The smallest absolute Gasteiger partial charge is 0.141 e. The molecule has 0 bridgehead atoms. The number of anilines is 2. The van der Waals surface area contributed by atoms with Crippen molar-refractivity contribution in [2.45, 2.75) is 6.61 Å². The number of nitrogens with one attached hydrogen (secondary N) is 1. The van der Waals surface area contributed by atoms with E-state index in [0.717, 1.165) is 22.2 Å². The summed E-state index contributed by atoms with van der Waals surface area (Å²) in [6, 6.07) is 15.8. The Balaban J connectivity index is 1.49. The Morgan fingerprint density at radius 1 is 1.03 bits per heavy atom. The molecule has 29 heavy (non-hydrogen) atoms. The lowest BCUT2D eigenvalue weighted by atomic mass is 10.1. The van der Waals surface area contributed by atoms with E-state index in [1.807, 2.05) is 36.4 Å². The molecule has 0 spiro atoms. The minimum absolute atomic E-state index is 0.0626. The lowest BCUT2D eigenvalue weighted by molar-refractivity contribution is 0.297. The van der Waals surface area contributed by atoms with Gasteiger partial charge in [-0.3, -0.25) is 0 Å². The van der Waals surface area contributed by atoms with Crippen LogP contribution in [-0.4, -0.2) is 17.1 Å². The third-order valence-corrected chi connectivity index (χ3v) is 4.66. The SMILES string of the molecule is COc1cc(Nc2ccc(F)c(Cl)c2)ccc1COc1ccc2cncnc2c1. The van der Waals surface area contributed by atoms with E-state index in [1.54, 1.807) is 19.4 Å². The van der Waals surface area contributed by atoms with Crippen LogP contribution in [0.4, 0.5) is 15.8 Å². The van der Waals surface area contributed by atoms with E-state index in [-0.39, 0.29) is 5.02 Å². The fourth-order valence-corrected chi connectivity index (χ4v) is 3.07. The highest BCUT2D eigenvalue weighted by Crippen LogP contribution is 2.28. The average Bonchev–Trinajstić information content (AvgIpc) is 2.75. The molecule has 0 fully saturated rings. The molecule has 4 aromatic rings. The quantitative estimate of drug-likeness (QED) is 0.439. The van der Waals surface area contributed by atoms with Crippen molar-refractivity contribution in [1.29, 1.82) is 0 Å². The summed E-state index contributed by atoms with van der Waals surface area (Å²) in [5.74, 6) is 0.926. The molecule has 5 nitrogen and oxygen atoms in total. The van der Waals surface area contributed by atoms with Crippen molar-refractivity contribution in [2.24, 2.45) is 0 Å². The predicted molar refractivity (Wildman–Crippen MR) is 112 cm³/mol. The number of rotatable bonds is 6. The normalized spacial score (nSPS) is 10.7. The molecule has 0 aliphatic carbocycles. The number of fused-ring (bicyclic) bond motifs is 1. The van der Waals surface area contributed by atoms with Crippen LogP contribution < -0.4 is 14.8 Å². The summed E-state index contributed by atoms with van der Waals surface area (Å²) in [6.07, 6.45) is 3.27. The van der Waals surface area contributed by atoms with Crippen LogP contribution in [0.5, 0.6) is 11.5 Å². The fourth-order valence-electron chi connectivity index (χ4n) is 2.89. The molecule has 0 radical (unpaired) electrons. The summed E-state index contributed by atoms with van der Waals surface area (Å²) in [5, 5.41) is 4.20. The molecule has 1 N–H and O–H groups in total. The summed E-state index contributed by atoms with van der Waals surface area (Å²) in [6.45, 7) is 0.336. The highest BCUT2D eigenvalue weighted by atomic mass is 35.5. The van der Waals surface area contributed by atoms with Crippen molar-refractivity contribution in [3.05, 3.63) is 83.5 Å². The Bertz CT molecular complexity index is 1170. The summed E-state index contributed by atoms with van der Waals surface area (Å²) < 4.78 is 24.7. The first-order chi connectivity index (χ1) is 14.1. The third kappa shape index (κ3) is 4.38. The molecule has 0 saturated carbocycles. The van der Waals surface area contributed by atoms with Crippen LogP contribution in [-0.2, 0) is 6.61 Å². The number of methoxy groups -OCH3 is 1. The van der Waals surface area contributed by atoms with Crippen molar-refractivity contribution in [3.8, 4) is 11.5 Å². The van der Waals surface area contributed by atoms with Crippen molar-refractivity contribution in [3.63, 3.8) is 0 Å². The summed E-state index contributed by atoms with van der Waals surface area (Å²) in [5.41, 5.74) is 3.18. The number of halogens is 2. The first-order valence-corrected chi connectivity index (χ1v) is 9.22. The van der Waals surface area contributed by atoms with Crippen LogP contribution in [0.2, 0.25) is 5.02 Å². The number of ether oxygens (including phenoxy) is 2. The summed E-state index contributed by atoms with van der Waals surface area (Å²) in [4.78, 5) is 8.24. The Morgan fingerprint density at radius 3 is 2.69 bits per heavy atom. The zero-order valence-electron chi connectivity index (χ0n) is 15.5. The third-order valence-electron chi connectivity index (χ3n) is 4.37. The van der Waals surface area contributed by atoms with Crippen molar-refractivity contribution < 1.29 is 13.9 Å². The maximum atomic E-state index is 13.3. The first-order valence-electron chi connectivity index (χ1n) is 8.84. The Kier molecular flexibility index (Phi) is 5.44. The lowest BCUT2D eigenvalue weighted by Crippen LogP contribution is -2.00. The van der Waals surface area contributed by atoms with E-state index in [9.17, 15) is 4.39 Å². The molecule has 4 rings (SSSR count). The van der Waals surface area contributed by atoms with Crippen LogP contribution in [0.1, 0.15) is 5.56 Å². The summed E-state index contributed by atoms with van der Waals surface area (Å²) >= 11 is 5.84. The lowest BCUT2D eigenvalue weighted by Gasteiger charge is -2.13. The molecule has 7 heteroatoms. The maximum Gasteiger partial charge on any atom is 0.141 e. The molecule has 0 saturated heterocycles. The van der Waals surface area contributed by atoms with Gasteiger partial charge in [0.25, 0.3) is 0 Å². The minimum Gasteiger partial charge on any atom is -0.496 e. The average molecular weight is 410 g/mol. The number of nitrogens with zero attached hydrogens (tertiary/aromatic N) is 2. The highest BCUT2D eigenvalue weighted by molar-refractivity contribution is 6.31. The Labute approximate surface area is 172 Å². The van der Waals surface area contributed by atoms with Gasteiger partial charge in [-0.2, -0.15) is 0 Å². The molecule has 0 unspecified atom stereocenters. The van der Waals surface area contributed by atoms with Gasteiger partial charge >= 0.3 is 0 Å². The van der Waals surface area contributed by atoms with Crippen LogP contribution in [0.25, 0.3) is 10.9 Å². The molecule has 0 aliphatic heterocycles. The van der Waals surface area contributed by atoms with Gasteiger partial charge in [0, 0.05) is 40.7 Å². The van der Waals surface area contributed by atoms with E-state index in [2.05, 4.69) is 15.3 Å². The maximum absolute atomic E-state index is 13.3. The molecule has 0 aliphatic rings. The predicted octanol–water partition coefficient (Wildman–Crippen LogP) is 5.75. The molecule has 3 aromatic carbocycles. The number of hydrogen-bond donors (Lipinski definition) is 1. The Hall–Kier alpha value is -3.38. The van der Waals surface area contributed by atoms with E-state index in [1.165, 1.54) is 18.5 Å². The van der Waals surface area contributed by atoms with Gasteiger partial charge in [0.1, 0.15) is 30.3 Å². The largest absolute Gasteiger partial charge is 0.496 e. The van der Waals surface area contributed by atoms with Gasteiger partial charge < -0.3 is 14.8 Å². The molecule has 1 heterocycles. The van der Waals surface area contributed by atoms with Gasteiger partial charge in [0.2, 0.25) is 0 Å².